The van der Waals surface area contributed by atoms with Gasteiger partial charge in [-0.1, -0.05) is 41.5 Å². The zero-order valence-electron chi connectivity index (χ0n) is 11.3. The molecule has 1 aromatic heterocycles. The quantitative estimate of drug-likeness (QED) is 0.868. The zero-order chi connectivity index (χ0) is 12.3. The molecule has 3 heteroatoms. The van der Waals surface area contributed by atoms with E-state index >= 15 is 0 Å². The Morgan fingerprint density at radius 2 is 1.94 bits per heavy atom. The Morgan fingerprint density at radius 3 is 2.38 bits per heavy atom. The zero-order valence-corrected chi connectivity index (χ0v) is 12.2. The summed E-state index contributed by atoms with van der Waals surface area (Å²) in [5.74, 6) is 0.515. The van der Waals surface area contributed by atoms with Crippen LogP contribution in [-0.2, 0) is 12.0 Å². The van der Waals surface area contributed by atoms with Crippen molar-refractivity contribution in [3.05, 3.63) is 15.6 Å². The van der Waals surface area contributed by atoms with Crippen molar-refractivity contribution in [1.29, 1.82) is 0 Å². The molecule has 0 amide bonds. The van der Waals surface area contributed by atoms with Gasteiger partial charge in [0.2, 0.25) is 0 Å². The molecule has 0 atom stereocenters. The number of thiazole rings is 1. The number of nitrogens with one attached hydrogen (secondary N) is 1. The molecular weight excluding hydrogens is 216 g/mol. The van der Waals surface area contributed by atoms with Gasteiger partial charge in [-0.15, -0.1) is 11.3 Å². The lowest BCUT2D eigenvalue weighted by atomic mass is 9.98. The Morgan fingerprint density at radius 1 is 1.31 bits per heavy atom. The van der Waals surface area contributed by atoms with Gasteiger partial charge in [0.1, 0.15) is 0 Å². The van der Waals surface area contributed by atoms with Crippen LogP contribution in [0.15, 0.2) is 0 Å². The Labute approximate surface area is 103 Å². The van der Waals surface area contributed by atoms with Crippen molar-refractivity contribution < 1.29 is 0 Å². The molecule has 0 saturated carbocycles. The molecule has 1 aromatic rings. The minimum atomic E-state index is 0.165. The molecule has 0 radical (unpaired) electrons. The van der Waals surface area contributed by atoms with E-state index in [1.54, 1.807) is 0 Å². The van der Waals surface area contributed by atoms with Crippen LogP contribution in [-0.4, -0.2) is 11.5 Å². The molecule has 0 unspecified atom stereocenters. The molecule has 0 bridgehead atoms. The lowest BCUT2D eigenvalue weighted by Gasteiger charge is -2.13. The minimum absolute atomic E-state index is 0.165. The molecule has 1 N–H and O–H groups in total. The van der Waals surface area contributed by atoms with Crippen LogP contribution in [0.5, 0.6) is 0 Å². The van der Waals surface area contributed by atoms with Crippen molar-refractivity contribution in [2.24, 2.45) is 0 Å². The van der Waals surface area contributed by atoms with Crippen LogP contribution in [0.2, 0.25) is 0 Å². The van der Waals surface area contributed by atoms with Crippen LogP contribution in [0.4, 0.5) is 0 Å². The number of aromatic nitrogens is 1. The second kappa shape index (κ2) is 5.28. The van der Waals surface area contributed by atoms with Gasteiger partial charge >= 0.3 is 0 Å². The monoisotopic (exact) mass is 240 g/mol. The van der Waals surface area contributed by atoms with E-state index in [1.165, 1.54) is 15.6 Å². The predicted octanol–water partition coefficient (Wildman–Crippen LogP) is 3.67. The first-order chi connectivity index (χ1) is 7.36. The molecule has 0 spiro atoms. The van der Waals surface area contributed by atoms with Crippen molar-refractivity contribution in [3.8, 4) is 0 Å². The van der Waals surface area contributed by atoms with Gasteiger partial charge in [-0.05, 0) is 12.5 Å². The van der Waals surface area contributed by atoms with Gasteiger partial charge in [0.05, 0.1) is 10.7 Å². The highest BCUT2D eigenvalue weighted by atomic mass is 32.1. The Hall–Kier alpha value is -0.410. The molecule has 2 nitrogen and oxygen atoms in total. The summed E-state index contributed by atoms with van der Waals surface area (Å²) in [6.45, 7) is 15.2. The molecule has 0 aliphatic carbocycles. The van der Waals surface area contributed by atoms with Gasteiger partial charge in [0.15, 0.2) is 0 Å². The summed E-state index contributed by atoms with van der Waals surface area (Å²) in [6.07, 6.45) is 0. The lowest BCUT2D eigenvalue weighted by Crippen LogP contribution is -2.12. The molecule has 16 heavy (non-hydrogen) atoms. The van der Waals surface area contributed by atoms with Crippen LogP contribution < -0.4 is 5.32 Å². The summed E-state index contributed by atoms with van der Waals surface area (Å²) >= 11 is 1.86. The molecule has 0 aliphatic heterocycles. The maximum atomic E-state index is 4.81. The molecule has 1 heterocycles. The molecule has 1 rings (SSSR count). The fourth-order valence-electron chi connectivity index (χ4n) is 1.50. The summed E-state index contributed by atoms with van der Waals surface area (Å²) in [7, 11) is 0. The maximum Gasteiger partial charge on any atom is 0.0985 e. The average Bonchev–Trinajstić information content (AvgIpc) is 2.57. The Kier molecular flexibility index (Phi) is 4.51. The van der Waals surface area contributed by atoms with Gasteiger partial charge < -0.3 is 5.32 Å². The van der Waals surface area contributed by atoms with Gasteiger partial charge in [-0.25, -0.2) is 4.98 Å². The highest BCUT2D eigenvalue weighted by molar-refractivity contribution is 7.11. The number of rotatable bonds is 4. The maximum absolute atomic E-state index is 4.81. The molecule has 92 valence electrons. The summed E-state index contributed by atoms with van der Waals surface area (Å²) in [4.78, 5) is 6.22. The predicted molar refractivity (Wildman–Crippen MR) is 72.3 cm³/mol. The van der Waals surface area contributed by atoms with Crippen molar-refractivity contribution in [2.75, 3.05) is 6.54 Å². The van der Waals surface area contributed by atoms with Crippen LogP contribution >= 0.6 is 11.3 Å². The summed E-state index contributed by atoms with van der Waals surface area (Å²) < 4.78 is 0. The summed E-state index contributed by atoms with van der Waals surface area (Å²) in [5.41, 5.74) is 1.44. The molecule has 0 fully saturated rings. The molecule has 0 aliphatic rings. The first kappa shape index (κ1) is 13.7. The van der Waals surface area contributed by atoms with Crippen LogP contribution in [0.25, 0.3) is 0 Å². The van der Waals surface area contributed by atoms with E-state index < -0.39 is 0 Å². The van der Waals surface area contributed by atoms with E-state index in [9.17, 15) is 0 Å². The van der Waals surface area contributed by atoms with Crippen LogP contribution in [0.1, 0.15) is 63.0 Å². The molecular formula is C13H24N2S. The van der Waals surface area contributed by atoms with E-state index in [0.29, 0.717) is 5.92 Å². The Bertz CT molecular complexity index is 334. The smallest absolute Gasteiger partial charge is 0.0985 e. The van der Waals surface area contributed by atoms with E-state index in [1.807, 2.05) is 11.3 Å². The fourth-order valence-corrected chi connectivity index (χ4v) is 2.74. The normalized spacial score (nSPS) is 12.4. The molecule has 0 saturated heterocycles. The summed E-state index contributed by atoms with van der Waals surface area (Å²) in [5, 5.41) is 4.65. The van der Waals surface area contributed by atoms with Crippen molar-refractivity contribution in [1.82, 2.24) is 10.3 Å². The largest absolute Gasteiger partial charge is 0.312 e. The standard InChI is InChI=1S/C13H24N2S/c1-7-14-8-10-11(9(2)3)15-12(16-10)13(4,5)6/h9,14H,7-8H2,1-6H3. The van der Waals surface area contributed by atoms with E-state index in [4.69, 9.17) is 4.98 Å². The Balaban J connectivity index is 3.00. The van der Waals surface area contributed by atoms with Crippen LogP contribution in [0, 0.1) is 0 Å². The third-order valence-electron chi connectivity index (χ3n) is 2.45. The number of hydrogen-bond acceptors (Lipinski definition) is 3. The van der Waals surface area contributed by atoms with E-state index in [2.05, 4.69) is 46.9 Å². The first-order valence-corrected chi connectivity index (χ1v) is 6.88. The summed E-state index contributed by atoms with van der Waals surface area (Å²) in [6, 6.07) is 0. The van der Waals surface area contributed by atoms with E-state index in [0.717, 1.165) is 13.1 Å². The van der Waals surface area contributed by atoms with Crippen molar-refractivity contribution in [3.63, 3.8) is 0 Å². The first-order valence-electron chi connectivity index (χ1n) is 6.07. The third kappa shape index (κ3) is 3.29. The SMILES string of the molecule is CCNCc1sc(C(C)(C)C)nc1C(C)C. The number of hydrogen-bond donors (Lipinski definition) is 1. The molecule has 0 aromatic carbocycles. The van der Waals surface area contributed by atoms with Gasteiger partial charge in [-0.2, -0.15) is 0 Å². The highest BCUT2D eigenvalue weighted by Gasteiger charge is 2.22. The van der Waals surface area contributed by atoms with Gasteiger partial charge in [0, 0.05) is 16.8 Å². The van der Waals surface area contributed by atoms with Gasteiger partial charge in [-0.3, -0.25) is 0 Å². The fraction of sp³-hybridized carbons (Fsp3) is 0.769. The highest BCUT2D eigenvalue weighted by Crippen LogP contribution is 2.32. The topological polar surface area (TPSA) is 24.9 Å². The minimum Gasteiger partial charge on any atom is -0.312 e. The second-order valence-corrected chi connectivity index (χ2v) is 6.60. The second-order valence-electron chi connectivity index (χ2n) is 5.51. The van der Waals surface area contributed by atoms with Crippen molar-refractivity contribution >= 4 is 11.3 Å². The van der Waals surface area contributed by atoms with Crippen LogP contribution in [0.3, 0.4) is 0 Å². The third-order valence-corrected chi connectivity index (χ3v) is 3.95. The average molecular weight is 240 g/mol. The van der Waals surface area contributed by atoms with Gasteiger partial charge in [0.25, 0.3) is 0 Å². The van der Waals surface area contributed by atoms with Crippen molar-refractivity contribution in [2.45, 2.75) is 59.4 Å². The number of nitrogens with zero attached hydrogens (tertiary/aromatic N) is 1. The van der Waals surface area contributed by atoms with E-state index in [-0.39, 0.29) is 5.41 Å². The lowest BCUT2D eigenvalue weighted by molar-refractivity contribution is 0.580.